The molecule has 2 N–H and O–H groups in total. The third-order valence-electron chi connectivity index (χ3n) is 2.98. The summed E-state index contributed by atoms with van der Waals surface area (Å²) in [5.41, 5.74) is 0.372. The fourth-order valence-electron chi connectivity index (χ4n) is 1.68. The molecule has 0 aromatic heterocycles. The zero-order chi connectivity index (χ0) is 19.0. The van der Waals surface area contributed by atoms with Gasteiger partial charge in [-0.1, -0.05) is 0 Å². The van der Waals surface area contributed by atoms with Crippen LogP contribution in [0.15, 0.2) is 29.2 Å². The molecule has 10 heteroatoms. The number of benzene rings is 1. The summed E-state index contributed by atoms with van der Waals surface area (Å²) in [5, 5.41) is 4.92. The normalized spacial score (nSPS) is 11.0. The lowest BCUT2D eigenvalue weighted by atomic mass is 10.3. The number of carbonyl (C=O) groups excluding carboxylic acids is 3. The van der Waals surface area contributed by atoms with E-state index in [1.54, 1.807) is 0 Å². The molecule has 0 unspecified atom stereocenters. The number of amides is 2. The second kappa shape index (κ2) is 9.14. The molecule has 0 saturated carbocycles. The average molecular weight is 371 g/mol. The molecular formula is C15H21N3O6S. The molecule has 138 valence electrons. The van der Waals surface area contributed by atoms with E-state index in [2.05, 4.69) is 10.6 Å². The number of anilines is 1. The van der Waals surface area contributed by atoms with Gasteiger partial charge in [0.1, 0.15) is 0 Å². The highest BCUT2D eigenvalue weighted by molar-refractivity contribution is 7.89. The van der Waals surface area contributed by atoms with Gasteiger partial charge in [0.05, 0.1) is 11.3 Å². The van der Waals surface area contributed by atoms with Gasteiger partial charge in [0.15, 0.2) is 6.61 Å². The number of rotatable bonds is 8. The van der Waals surface area contributed by atoms with Crippen molar-refractivity contribution in [2.75, 3.05) is 32.6 Å². The van der Waals surface area contributed by atoms with Gasteiger partial charge < -0.3 is 15.4 Å². The summed E-state index contributed by atoms with van der Waals surface area (Å²) in [6.45, 7) is 0.988. The Morgan fingerprint density at radius 3 is 2.24 bits per heavy atom. The van der Waals surface area contributed by atoms with Crippen LogP contribution in [-0.2, 0) is 29.1 Å². The van der Waals surface area contributed by atoms with Crippen molar-refractivity contribution in [1.29, 1.82) is 0 Å². The van der Waals surface area contributed by atoms with Crippen molar-refractivity contribution >= 4 is 33.5 Å². The zero-order valence-corrected chi connectivity index (χ0v) is 15.1. The average Bonchev–Trinajstić information content (AvgIpc) is 2.53. The summed E-state index contributed by atoms with van der Waals surface area (Å²) in [4.78, 5) is 33.8. The number of carbonyl (C=O) groups is 3. The zero-order valence-electron chi connectivity index (χ0n) is 14.2. The largest absolute Gasteiger partial charge is 0.456 e. The first kappa shape index (κ1) is 20.6. The van der Waals surface area contributed by atoms with Crippen molar-refractivity contribution in [3.8, 4) is 0 Å². The fourth-order valence-corrected chi connectivity index (χ4v) is 2.58. The van der Waals surface area contributed by atoms with E-state index >= 15 is 0 Å². The molecule has 0 heterocycles. The van der Waals surface area contributed by atoms with Gasteiger partial charge in [-0.15, -0.1) is 0 Å². The Labute approximate surface area is 146 Å². The number of ether oxygens (including phenoxy) is 1. The van der Waals surface area contributed by atoms with E-state index in [-0.39, 0.29) is 23.8 Å². The summed E-state index contributed by atoms with van der Waals surface area (Å²) < 4.78 is 29.7. The topological polar surface area (TPSA) is 122 Å². The Morgan fingerprint density at radius 1 is 1.12 bits per heavy atom. The molecular weight excluding hydrogens is 350 g/mol. The highest BCUT2D eigenvalue weighted by Gasteiger charge is 2.16. The number of esters is 1. The molecule has 0 aliphatic carbocycles. The fraction of sp³-hybridized carbons (Fsp3) is 0.400. The molecule has 0 fully saturated rings. The van der Waals surface area contributed by atoms with Crippen LogP contribution in [0.3, 0.4) is 0 Å². The lowest BCUT2D eigenvalue weighted by Crippen LogP contribution is -2.26. The van der Waals surface area contributed by atoms with Crippen LogP contribution in [0.2, 0.25) is 0 Å². The highest BCUT2D eigenvalue weighted by atomic mass is 32.2. The van der Waals surface area contributed by atoms with Crippen molar-refractivity contribution in [3.63, 3.8) is 0 Å². The van der Waals surface area contributed by atoms with Crippen LogP contribution < -0.4 is 10.6 Å². The Kier molecular flexibility index (Phi) is 7.52. The van der Waals surface area contributed by atoms with Crippen LogP contribution >= 0.6 is 0 Å². The van der Waals surface area contributed by atoms with E-state index in [1.807, 2.05) is 0 Å². The minimum Gasteiger partial charge on any atom is -0.456 e. The van der Waals surface area contributed by atoms with E-state index < -0.39 is 28.5 Å². The van der Waals surface area contributed by atoms with Crippen LogP contribution in [0.25, 0.3) is 0 Å². The van der Waals surface area contributed by atoms with Crippen LogP contribution in [-0.4, -0.2) is 57.8 Å². The van der Waals surface area contributed by atoms with Crippen LogP contribution in [0, 0.1) is 0 Å². The SMILES string of the molecule is CC(=O)NCCC(=O)OCC(=O)Nc1ccc(S(=O)(=O)N(C)C)cc1. The number of nitrogens with zero attached hydrogens (tertiary/aromatic N) is 1. The predicted molar refractivity (Wildman–Crippen MR) is 90.2 cm³/mol. The quantitative estimate of drug-likeness (QED) is 0.618. The van der Waals surface area contributed by atoms with Crippen molar-refractivity contribution in [3.05, 3.63) is 24.3 Å². The third kappa shape index (κ3) is 6.89. The highest BCUT2D eigenvalue weighted by Crippen LogP contribution is 2.16. The molecule has 0 aliphatic rings. The van der Waals surface area contributed by atoms with Crippen molar-refractivity contribution < 1.29 is 27.5 Å². The van der Waals surface area contributed by atoms with E-state index in [0.29, 0.717) is 5.69 Å². The van der Waals surface area contributed by atoms with E-state index in [0.717, 1.165) is 4.31 Å². The number of nitrogens with one attached hydrogen (secondary N) is 2. The monoisotopic (exact) mass is 371 g/mol. The first-order chi connectivity index (χ1) is 11.6. The van der Waals surface area contributed by atoms with Gasteiger partial charge in [0.25, 0.3) is 5.91 Å². The molecule has 1 aromatic rings. The minimum absolute atomic E-state index is 0.0377. The second-order valence-electron chi connectivity index (χ2n) is 5.25. The predicted octanol–water partition coefficient (Wildman–Crippen LogP) is -0.0552. The van der Waals surface area contributed by atoms with Gasteiger partial charge in [0, 0.05) is 33.3 Å². The molecule has 0 radical (unpaired) electrons. The second-order valence-corrected chi connectivity index (χ2v) is 7.41. The number of hydrogen-bond donors (Lipinski definition) is 2. The van der Waals surface area contributed by atoms with Gasteiger partial charge in [-0.05, 0) is 24.3 Å². The smallest absolute Gasteiger partial charge is 0.308 e. The first-order valence-electron chi connectivity index (χ1n) is 7.35. The van der Waals surface area contributed by atoms with E-state index in [4.69, 9.17) is 4.74 Å². The lowest BCUT2D eigenvalue weighted by molar-refractivity contribution is -0.147. The summed E-state index contributed by atoms with van der Waals surface area (Å²) in [5.74, 6) is -1.43. The standard InChI is InChI=1S/C15H21N3O6S/c1-11(19)16-9-8-15(21)24-10-14(20)17-12-4-6-13(7-5-12)25(22,23)18(2)3/h4-7H,8-10H2,1-3H3,(H,16,19)(H,17,20). The lowest BCUT2D eigenvalue weighted by Gasteiger charge is -2.12. The number of hydrogen-bond acceptors (Lipinski definition) is 6. The number of sulfonamides is 1. The molecule has 0 bridgehead atoms. The maximum atomic E-state index is 11.9. The van der Waals surface area contributed by atoms with Gasteiger partial charge in [-0.3, -0.25) is 14.4 Å². The van der Waals surface area contributed by atoms with Gasteiger partial charge in [-0.2, -0.15) is 0 Å². The van der Waals surface area contributed by atoms with Crippen LogP contribution in [0.1, 0.15) is 13.3 Å². The summed E-state index contributed by atoms with van der Waals surface area (Å²) in [7, 11) is -0.693. The minimum atomic E-state index is -3.54. The summed E-state index contributed by atoms with van der Waals surface area (Å²) in [6, 6.07) is 5.61. The Balaban J connectivity index is 2.47. The molecule has 0 saturated heterocycles. The van der Waals surface area contributed by atoms with Crippen molar-refractivity contribution in [2.45, 2.75) is 18.2 Å². The summed E-state index contributed by atoms with van der Waals surface area (Å²) >= 11 is 0. The van der Waals surface area contributed by atoms with Gasteiger partial charge in [-0.25, -0.2) is 12.7 Å². The van der Waals surface area contributed by atoms with Gasteiger partial charge in [0.2, 0.25) is 15.9 Å². The molecule has 1 aromatic carbocycles. The van der Waals surface area contributed by atoms with E-state index in [1.165, 1.54) is 45.3 Å². The molecule has 1 rings (SSSR count). The van der Waals surface area contributed by atoms with Crippen LogP contribution in [0.4, 0.5) is 5.69 Å². The molecule has 0 aliphatic heterocycles. The van der Waals surface area contributed by atoms with Crippen molar-refractivity contribution in [1.82, 2.24) is 9.62 Å². The van der Waals surface area contributed by atoms with Crippen LogP contribution in [0.5, 0.6) is 0 Å². The molecule has 25 heavy (non-hydrogen) atoms. The Morgan fingerprint density at radius 2 is 1.72 bits per heavy atom. The maximum absolute atomic E-state index is 11.9. The van der Waals surface area contributed by atoms with Gasteiger partial charge >= 0.3 is 5.97 Å². The maximum Gasteiger partial charge on any atom is 0.308 e. The summed E-state index contributed by atoms with van der Waals surface area (Å²) in [6.07, 6.45) is -0.0377. The molecule has 9 nitrogen and oxygen atoms in total. The Hall–Kier alpha value is -2.46. The third-order valence-corrected chi connectivity index (χ3v) is 4.81. The van der Waals surface area contributed by atoms with Crippen molar-refractivity contribution in [2.24, 2.45) is 0 Å². The Bertz CT molecular complexity index is 728. The molecule has 2 amide bonds. The molecule has 0 atom stereocenters. The first-order valence-corrected chi connectivity index (χ1v) is 8.79. The van der Waals surface area contributed by atoms with E-state index in [9.17, 15) is 22.8 Å². The molecule has 0 spiro atoms.